The van der Waals surface area contributed by atoms with Crippen LogP contribution in [0.1, 0.15) is 41.1 Å². The van der Waals surface area contributed by atoms with E-state index < -0.39 is 0 Å². The van der Waals surface area contributed by atoms with Crippen molar-refractivity contribution in [3.05, 3.63) is 70.8 Å². The van der Waals surface area contributed by atoms with Crippen LogP contribution in [0.25, 0.3) is 0 Å². The van der Waals surface area contributed by atoms with E-state index in [4.69, 9.17) is 0 Å². The number of nitrogens with zero attached hydrogens (tertiary/aromatic N) is 1. The number of hydrogen-bond donors (Lipinski definition) is 1. The molecule has 0 aliphatic carbocycles. The van der Waals surface area contributed by atoms with Crippen molar-refractivity contribution < 1.29 is 5.11 Å². The smallest absolute Gasteiger partial charge is 0.0607 e. The highest BCUT2D eigenvalue weighted by Gasteiger charge is 2.28. The lowest BCUT2D eigenvalue weighted by Gasteiger charge is -2.38. The van der Waals surface area contributed by atoms with Crippen molar-refractivity contribution in [1.82, 2.24) is 4.90 Å². The molecular weight excluding hydrogens is 270 g/mol. The summed E-state index contributed by atoms with van der Waals surface area (Å²) < 4.78 is 0. The summed E-state index contributed by atoms with van der Waals surface area (Å²) in [6, 6.07) is 17.6. The van der Waals surface area contributed by atoms with Crippen LogP contribution >= 0.6 is 0 Å². The van der Waals surface area contributed by atoms with Gasteiger partial charge in [-0.1, -0.05) is 48.5 Å². The fourth-order valence-corrected chi connectivity index (χ4v) is 3.49. The molecule has 0 spiro atoms. The summed E-state index contributed by atoms with van der Waals surface area (Å²) in [5.41, 5.74) is 5.44. The van der Waals surface area contributed by atoms with Crippen molar-refractivity contribution in [3.63, 3.8) is 0 Å². The van der Waals surface area contributed by atoms with Crippen molar-refractivity contribution in [2.75, 3.05) is 13.1 Å². The molecule has 22 heavy (non-hydrogen) atoms. The Hall–Kier alpha value is -1.64. The summed E-state index contributed by atoms with van der Waals surface area (Å²) >= 11 is 0. The molecule has 1 saturated heterocycles. The largest absolute Gasteiger partial charge is 0.393 e. The monoisotopic (exact) mass is 295 g/mol. The maximum atomic E-state index is 9.83. The molecule has 1 aliphatic heterocycles. The first-order valence-corrected chi connectivity index (χ1v) is 8.20. The van der Waals surface area contributed by atoms with Crippen LogP contribution in [0, 0.1) is 13.8 Å². The minimum atomic E-state index is -0.134. The molecule has 2 nitrogen and oxygen atoms in total. The molecule has 2 aromatic carbocycles. The van der Waals surface area contributed by atoms with Gasteiger partial charge in [0.15, 0.2) is 0 Å². The van der Waals surface area contributed by atoms with Gasteiger partial charge >= 0.3 is 0 Å². The van der Waals surface area contributed by atoms with E-state index in [1.807, 2.05) is 0 Å². The average molecular weight is 295 g/mol. The number of hydrogen-bond acceptors (Lipinski definition) is 2. The lowest BCUT2D eigenvalue weighted by molar-refractivity contribution is 0.0686. The second-order valence-electron chi connectivity index (χ2n) is 6.38. The summed E-state index contributed by atoms with van der Waals surface area (Å²) in [4.78, 5) is 2.53. The summed E-state index contributed by atoms with van der Waals surface area (Å²) in [6.45, 7) is 6.29. The van der Waals surface area contributed by atoms with Crippen LogP contribution in [0.4, 0.5) is 0 Å². The van der Waals surface area contributed by atoms with Gasteiger partial charge in [0.1, 0.15) is 0 Å². The minimum absolute atomic E-state index is 0.134. The molecule has 1 heterocycles. The second-order valence-corrected chi connectivity index (χ2v) is 6.38. The zero-order valence-electron chi connectivity index (χ0n) is 13.5. The Morgan fingerprint density at radius 1 is 0.864 bits per heavy atom. The molecule has 1 N–H and O–H groups in total. The summed E-state index contributed by atoms with van der Waals surface area (Å²) in [6.07, 6.45) is 1.60. The Balaban J connectivity index is 2.03. The molecule has 0 aromatic heterocycles. The van der Waals surface area contributed by atoms with Gasteiger partial charge in [0, 0.05) is 13.1 Å². The maximum absolute atomic E-state index is 9.83. The molecule has 0 unspecified atom stereocenters. The van der Waals surface area contributed by atoms with Crippen molar-refractivity contribution in [2.45, 2.75) is 38.8 Å². The molecule has 0 radical (unpaired) electrons. The normalized spacial score (nSPS) is 17.1. The number of likely N-dealkylation sites (tertiary alicyclic amines) is 1. The highest BCUT2D eigenvalue weighted by molar-refractivity contribution is 5.40. The standard InChI is InChI=1S/C20H25NO/c1-15-7-3-5-9-18(15)20(19-10-6-4-8-16(19)2)21-13-11-17(22)12-14-21/h3-10,17,20,22H,11-14H2,1-2H3. The third kappa shape index (κ3) is 3.08. The minimum Gasteiger partial charge on any atom is -0.393 e. The molecule has 1 fully saturated rings. The van der Waals surface area contributed by atoms with E-state index in [0.29, 0.717) is 0 Å². The first-order valence-electron chi connectivity index (χ1n) is 8.20. The van der Waals surface area contributed by atoms with Crippen LogP contribution in [-0.4, -0.2) is 29.2 Å². The maximum Gasteiger partial charge on any atom is 0.0607 e. The van der Waals surface area contributed by atoms with Crippen LogP contribution in [0.5, 0.6) is 0 Å². The van der Waals surface area contributed by atoms with Crippen molar-refractivity contribution in [2.24, 2.45) is 0 Å². The van der Waals surface area contributed by atoms with Gasteiger partial charge in [-0.25, -0.2) is 0 Å². The van der Waals surface area contributed by atoms with Gasteiger partial charge < -0.3 is 5.11 Å². The fraction of sp³-hybridized carbons (Fsp3) is 0.400. The Morgan fingerprint density at radius 2 is 1.32 bits per heavy atom. The quantitative estimate of drug-likeness (QED) is 0.929. The molecule has 1 aliphatic rings. The lowest BCUT2D eigenvalue weighted by atomic mass is 9.89. The first kappa shape index (κ1) is 15.3. The highest BCUT2D eigenvalue weighted by atomic mass is 16.3. The Morgan fingerprint density at radius 3 is 1.77 bits per heavy atom. The van der Waals surface area contributed by atoms with Gasteiger partial charge in [-0.2, -0.15) is 0 Å². The Bertz CT molecular complexity index is 584. The third-order valence-electron chi connectivity index (χ3n) is 4.83. The number of aliphatic hydroxyl groups is 1. The van der Waals surface area contributed by atoms with Gasteiger partial charge in [0.05, 0.1) is 12.1 Å². The van der Waals surface area contributed by atoms with E-state index in [9.17, 15) is 5.11 Å². The van der Waals surface area contributed by atoms with E-state index in [0.717, 1.165) is 25.9 Å². The van der Waals surface area contributed by atoms with Gasteiger partial charge in [-0.3, -0.25) is 4.90 Å². The zero-order chi connectivity index (χ0) is 15.5. The van der Waals surface area contributed by atoms with Gasteiger partial charge in [0.25, 0.3) is 0 Å². The molecule has 116 valence electrons. The number of aliphatic hydroxyl groups excluding tert-OH is 1. The predicted octanol–water partition coefficient (Wildman–Crippen LogP) is 3.85. The molecule has 2 aromatic rings. The number of rotatable bonds is 3. The van der Waals surface area contributed by atoms with Crippen LogP contribution < -0.4 is 0 Å². The lowest BCUT2D eigenvalue weighted by Crippen LogP contribution is -2.39. The Labute approximate surface area is 133 Å². The zero-order valence-corrected chi connectivity index (χ0v) is 13.5. The highest BCUT2D eigenvalue weighted by Crippen LogP contribution is 2.34. The van der Waals surface area contributed by atoms with Crippen LogP contribution in [0.15, 0.2) is 48.5 Å². The molecule has 2 heteroatoms. The topological polar surface area (TPSA) is 23.5 Å². The molecule has 3 rings (SSSR count). The first-order chi connectivity index (χ1) is 10.7. The molecule has 0 bridgehead atoms. The van der Waals surface area contributed by atoms with E-state index in [-0.39, 0.29) is 12.1 Å². The summed E-state index contributed by atoms with van der Waals surface area (Å²) in [5, 5.41) is 9.83. The predicted molar refractivity (Wildman–Crippen MR) is 91.0 cm³/mol. The SMILES string of the molecule is Cc1ccccc1C(c1ccccc1C)N1CCC(O)CC1. The second kappa shape index (κ2) is 6.64. The third-order valence-corrected chi connectivity index (χ3v) is 4.83. The fourth-order valence-electron chi connectivity index (χ4n) is 3.49. The molecule has 0 amide bonds. The average Bonchev–Trinajstić information content (AvgIpc) is 2.53. The van der Waals surface area contributed by atoms with Crippen LogP contribution in [0.3, 0.4) is 0 Å². The van der Waals surface area contributed by atoms with Crippen molar-refractivity contribution in [3.8, 4) is 0 Å². The van der Waals surface area contributed by atoms with E-state index in [1.54, 1.807) is 0 Å². The molecule has 0 saturated carbocycles. The number of aryl methyl sites for hydroxylation is 2. The van der Waals surface area contributed by atoms with Crippen molar-refractivity contribution >= 4 is 0 Å². The molecule has 0 atom stereocenters. The number of piperidine rings is 1. The van der Waals surface area contributed by atoms with Crippen LogP contribution in [-0.2, 0) is 0 Å². The van der Waals surface area contributed by atoms with Gasteiger partial charge in [0.2, 0.25) is 0 Å². The van der Waals surface area contributed by atoms with Gasteiger partial charge in [-0.15, -0.1) is 0 Å². The summed E-state index contributed by atoms with van der Waals surface area (Å²) in [5.74, 6) is 0. The van der Waals surface area contributed by atoms with E-state index in [2.05, 4.69) is 67.3 Å². The number of benzene rings is 2. The van der Waals surface area contributed by atoms with E-state index in [1.165, 1.54) is 22.3 Å². The van der Waals surface area contributed by atoms with Gasteiger partial charge in [-0.05, 0) is 48.9 Å². The Kier molecular flexibility index (Phi) is 4.60. The molecular formula is C20H25NO. The van der Waals surface area contributed by atoms with Crippen molar-refractivity contribution in [1.29, 1.82) is 0 Å². The summed E-state index contributed by atoms with van der Waals surface area (Å²) in [7, 11) is 0. The van der Waals surface area contributed by atoms with E-state index >= 15 is 0 Å². The van der Waals surface area contributed by atoms with Crippen LogP contribution in [0.2, 0.25) is 0 Å².